The van der Waals surface area contributed by atoms with Crippen LogP contribution in [-0.4, -0.2) is 39.3 Å². The lowest BCUT2D eigenvalue weighted by Gasteiger charge is -2.10. The Balaban J connectivity index is 2.66. The van der Waals surface area contributed by atoms with Crippen LogP contribution in [-0.2, 0) is 10.8 Å². The van der Waals surface area contributed by atoms with Gasteiger partial charge in [0.15, 0.2) is 0 Å². The predicted molar refractivity (Wildman–Crippen MR) is 65.3 cm³/mol. The van der Waals surface area contributed by atoms with Crippen molar-refractivity contribution < 1.29 is 8.95 Å². The zero-order chi connectivity index (χ0) is 12.1. The van der Waals surface area contributed by atoms with E-state index in [-0.39, 0.29) is 5.25 Å². The molecule has 0 aromatic carbocycles. The largest absolute Gasteiger partial charge is 0.481 e. The topological polar surface area (TPSA) is 64.1 Å². The first kappa shape index (κ1) is 12.9. The maximum atomic E-state index is 11.2. The lowest BCUT2D eigenvalue weighted by atomic mass is 10.4. The standard InChI is InChI=1S/C10H17N3O2S/c1-7-5-9(15-3)13-10(12-7)11-6-8(2)16(4)14/h5,8H,6H2,1-4H3,(H,11,12,13). The molecule has 0 radical (unpaired) electrons. The molecular formula is C10H17N3O2S. The smallest absolute Gasteiger partial charge is 0.226 e. The zero-order valence-electron chi connectivity index (χ0n) is 9.98. The summed E-state index contributed by atoms with van der Waals surface area (Å²) in [5, 5.41) is 3.11. The Kier molecular flexibility index (Phi) is 4.67. The van der Waals surface area contributed by atoms with Gasteiger partial charge in [0.1, 0.15) is 0 Å². The van der Waals surface area contributed by atoms with Crippen molar-refractivity contribution in [3.63, 3.8) is 0 Å². The minimum Gasteiger partial charge on any atom is -0.481 e. The van der Waals surface area contributed by atoms with E-state index >= 15 is 0 Å². The van der Waals surface area contributed by atoms with Crippen molar-refractivity contribution >= 4 is 16.7 Å². The third kappa shape index (κ3) is 3.77. The van der Waals surface area contributed by atoms with Crippen LogP contribution in [0.2, 0.25) is 0 Å². The van der Waals surface area contributed by atoms with Crippen molar-refractivity contribution in [2.75, 3.05) is 25.2 Å². The fourth-order valence-corrected chi connectivity index (χ4v) is 1.39. The van der Waals surface area contributed by atoms with Gasteiger partial charge in [-0.2, -0.15) is 4.98 Å². The Bertz CT molecular complexity index is 384. The molecule has 16 heavy (non-hydrogen) atoms. The molecule has 2 unspecified atom stereocenters. The molecule has 2 atom stereocenters. The summed E-state index contributed by atoms with van der Waals surface area (Å²) >= 11 is 0. The van der Waals surface area contributed by atoms with E-state index in [9.17, 15) is 4.21 Å². The molecule has 5 nitrogen and oxygen atoms in total. The average molecular weight is 243 g/mol. The number of hydrogen-bond donors (Lipinski definition) is 1. The van der Waals surface area contributed by atoms with Gasteiger partial charge in [-0.25, -0.2) is 4.98 Å². The molecule has 90 valence electrons. The molecule has 1 heterocycles. The maximum Gasteiger partial charge on any atom is 0.226 e. The van der Waals surface area contributed by atoms with Crippen LogP contribution in [0.25, 0.3) is 0 Å². The molecular weight excluding hydrogens is 226 g/mol. The summed E-state index contributed by atoms with van der Waals surface area (Å²) in [6.45, 7) is 4.36. The molecule has 0 saturated heterocycles. The van der Waals surface area contributed by atoms with Gasteiger partial charge in [-0.05, 0) is 13.8 Å². The maximum absolute atomic E-state index is 11.2. The van der Waals surface area contributed by atoms with Crippen LogP contribution in [0.15, 0.2) is 6.07 Å². The summed E-state index contributed by atoms with van der Waals surface area (Å²) < 4.78 is 16.2. The first-order chi connectivity index (χ1) is 7.52. The molecule has 1 rings (SSSR count). The van der Waals surface area contributed by atoms with E-state index < -0.39 is 10.8 Å². The van der Waals surface area contributed by atoms with Gasteiger partial charge in [-0.3, -0.25) is 4.21 Å². The summed E-state index contributed by atoms with van der Waals surface area (Å²) in [7, 11) is 0.719. The van der Waals surface area contributed by atoms with E-state index in [1.165, 1.54) is 0 Å². The van der Waals surface area contributed by atoms with Crippen LogP contribution in [0.1, 0.15) is 12.6 Å². The van der Waals surface area contributed by atoms with E-state index in [0.29, 0.717) is 18.4 Å². The predicted octanol–water partition coefficient (Wildman–Crippen LogP) is 0.973. The number of methoxy groups -OCH3 is 1. The lowest BCUT2D eigenvalue weighted by molar-refractivity contribution is 0.397. The van der Waals surface area contributed by atoms with Crippen LogP contribution in [0.4, 0.5) is 5.95 Å². The summed E-state index contributed by atoms with van der Waals surface area (Å²) in [4.78, 5) is 8.35. The molecule has 0 aliphatic rings. The SMILES string of the molecule is COc1cc(C)nc(NCC(C)S(C)=O)n1. The Morgan fingerprint density at radius 1 is 1.56 bits per heavy atom. The van der Waals surface area contributed by atoms with Gasteiger partial charge in [0.2, 0.25) is 11.8 Å². The van der Waals surface area contributed by atoms with Gasteiger partial charge < -0.3 is 10.1 Å². The number of ether oxygens (including phenoxy) is 1. The monoisotopic (exact) mass is 243 g/mol. The van der Waals surface area contributed by atoms with Crippen molar-refractivity contribution in [1.82, 2.24) is 9.97 Å². The summed E-state index contributed by atoms with van der Waals surface area (Å²) in [6.07, 6.45) is 1.68. The van der Waals surface area contributed by atoms with Crippen molar-refractivity contribution in [2.45, 2.75) is 19.1 Å². The summed E-state index contributed by atoms with van der Waals surface area (Å²) in [6, 6.07) is 1.76. The molecule has 0 amide bonds. The molecule has 1 aromatic rings. The molecule has 0 spiro atoms. The highest BCUT2D eigenvalue weighted by Gasteiger charge is 2.07. The minimum atomic E-state index is -0.846. The lowest BCUT2D eigenvalue weighted by Crippen LogP contribution is -2.21. The molecule has 0 fully saturated rings. The van der Waals surface area contributed by atoms with Gasteiger partial charge in [0.25, 0.3) is 0 Å². The fourth-order valence-electron chi connectivity index (χ4n) is 1.08. The number of nitrogens with one attached hydrogen (secondary N) is 1. The van der Waals surface area contributed by atoms with Gasteiger partial charge in [0.05, 0.1) is 7.11 Å². The second kappa shape index (κ2) is 5.79. The van der Waals surface area contributed by atoms with Crippen molar-refractivity contribution in [2.24, 2.45) is 0 Å². The van der Waals surface area contributed by atoms with Crippen LogP contribution in [0, 0.1) is 6.92 Å². The number of aryl methyl sites for hydroxylation is 1. The van der Waals surface area contributed by atoms with Gasteiger partial charge in [-0.15, -0.1) is 0 Å². The summed E-state index contributed by atoms with van der Waals surface area (Å²) in [5.74, 6) is 1.04. The zero-order valence-corrected chi connectivity index (χ0v) is 10.8. The third-order valence-corrected chi connectivity index (χ3v) is 3.45. The average Bonchev–Trinajstić information content (AvgIpc) is 2.24. The highest BCUT2D eigenvalue weighted by molar-refractivity contribution is 7.84. The highest BCUT2D eigenvalue weighted by Crippen LogP contribution is 2.11. The van der Waals surface area contributed by atoms with Crippen molar-refractivity contribution in [3.05, 3.63) is 11.8 Å². The summed E-state index contributed by atoms with van der Waals surface area (Å²) in [5.41, 5.74) is 0.833. The van der Waals surface area contributed by atoms with Gasteiger partial charge in [0, 0.05) is 40.6 Å². The first-order valence-corrected chi connectivity index (χ1v) is 6.61. The number of nitrogens with zero attached hydrogens (tertiary/aromatic N) is 2. The van der Waals surface area contributed by atoms with Gasteiger partial charge >= 0.3 is 0 Å². The highest BCUT2D eigenvalue weighted by atomic mass is 32.2. The quantitative estimate of drug-likeness (QED) is 0.835. The second-order valence-electron chi connectivity index (χ2n) is 3.57. The number of aromatic nitrogens is 2. The van der Waals surface area contributed by atoms with E-state index in [1.54, 1.807) is 19.4 Å². The minimum absolute atomic E-state index is 0.0649. The van der Waals surface area contributed by atoms with E-state index in [4.69, 9.17) is 4.74 Å². The van der Waals surface area contributed by atoms with Gasteiger partial charge in [-0.1, -0.05) is 0 Å². The van der Waals surface area contributed by atoms with E-state index in [1.807, 2.05) is 13.8 Å². The molecule has 0 aliphatic heterocycles. The molecule has 0 saturated carbocycles. The number of anilines is 1. The van der Waals surface area contributed by atoms with Crippen LogP contribution in [0.5, 0.6) is 5.88 Å². The Morgan fingerprint density at radius 3 is 2.81 bits per heavy atom. The molecule has 1 N–H and O–H groups in total. The molecule has 0 bridgehead atoms. The van der Waals surface area contributed by atoms with Crippen LogP contribution >= 0.6 is 0 Å². The van der Waals surface area contributed by atoms with Crippen LogP contribution in [0.3, 0.4) is 0 Å². The molecule has 0 aliphatic carbocycles. The Labute approximate surface area is 98.1 Å². The fraction of sp³-hybridized carbons (Fsp3) is 0.600. The third-order valence-electron chi connectivity index (χ3n) is 2.15. The second-order valence-corrected chi connectivity index (χ2v) is 5.37. The van der Waals surface area contributed by atoms with E-state index in [0.717, 1.165) is 5.69 Å². The normalized spacial score (nSPS) is 14.2. The van der Waals surface area contributed by atoms with Crippen molar-refractivity contribution in [1.29, 1.82) is 0 Å². The van der Waals surface area contributed by atoms with Crippen molar-refractivity contribution in [3.8, 4) is 5.88 Å². The molecule has 6 heteroatoms. The van der Waals surface area contributed by atoms with E-state index in [2.05, 4.69) is 15.3 Å². The number of hydrogen-bond acceptors (Lipinski definition) is 5. The number of rotatable bonds is 5. The molecule has 1 aromatic heterocycles. The van der Waals surface area contributed by atoms with Crippen LogP contribution < -0.4 is 10.1 Å². The Hall–Kier alpha value is -1.17. The Morgan fingerprint density at radius 2 is 2.25 bits per heavy atom. The first-order valence-electron chi connectivity index (χ1n) is 4.98.